The zero-order valence-corrected chi connectivity index (χ0v) is 19.4. The SMILES string of the molecule is Cc1ccc(S(=O)(=O)c2cnc3ccc(F)cc3c2N2CCN(c3ccc(F)cc3)CC2)cc1. The number of hydrogen-bond donors (Lipinski definition) is 0. The van der Waals surface area contributed by atoms with Gasteiger partial charge in [-0.3, -0.25) is 4.98 Å². The van der Waals surface area contributed by atoms with Gasteiger partial charge in [0.25, 0.3) is 0 Å². The van der Waals surface area contributed by atoms with Crippen LogP contribution in [0.1, 0.15) is 5.56 Å². The van der Waals surface area contributed by atoms with Crippen LogP contribution in [-0.2, 0) is 9.84 Å². The molecule has 1 saturated heterocycles. The molecule has 0 atom stereocenters. The van der Waals surface area contributed by atoms with Crippen molar-refractivity contribution in [1.82, 2.24) is 4.98 Å². The fourth-order valence-electron chi connectivity index (χ4n) is 4.34. The van der Waals surface area contributed by atoms with Gasteiger partial charge in [-0.1, -0.05) is 17.7 Å². The lowest BCUT2D eigenvalue weighted by atomic mass is 10.1. The molecule has 0 amide bonds. The van der Waals surface area contributed by atoms with Crippen LogP contribution in [0.2, 0.25) is 0 Å². The van der Waals surface area contributed by atoms with E-state index in [-0.39, 0.29) is 15.6 Å². The van der Waals surface area contributed by atoms with Crippen molar-refractivity contribution < 1.29 is 17.2 Å². The smallest absolute Gasteiger partial charge is 0.210 e. The Morgan fingerprint density at radius 1 is 0.794 bits per heavy atom. The second-order valence-corrected chi connectivity index (χ2v) is 10.3. The molecule has 0 N–H and O–H groups in total. The van der Waals surface area contributed by atoms with Gasteiger partial charge in [0.15, 0.2) is 0 Å². The number of aryl methyl sites for hydroxylation is 1. The molecular formula is C26H23F2N3O2S. The number of rotatable bonds is 4. The van der Waals surface area contributed by atoms with E-state index in [4.69, 9.17) is 0 Å². The highest BCUT2D eigenvalue weighted by atomic mass is 32.2. The maximum absolute atomic E-state index is 14.3. The Hall–Kier alpha value is -3.52. The van der Waals surface area contributed by atoms with Gasteiger partial charge in [-0.15, -0.1) is 0 Å². The van der Waals surface area contributed by atoms with Gasteiger partial charge < -0.3 is 9.80 Å². The van der Waals surface area contributed by atoms with E-state index in [2.05, 4.69) is 9.88 Å². The van der Waals surface area contributed by atoms with E-state index in [0.717, 1.165) is 11.3 Å². The van der Waals surface area contributed by atoms with Crippen LogP contribution < -0.4 is 9.80 Å². The van der Waals surface area contributed by atoms with Gasteiger partial charge in [0.05, 0.1) is 16.1 Å². The highest BCUT2D eigenvalue weighted by Gasteiger charge is 2.29. The lowest BCUT2D eigenvalue weighted by Gasteiger charge is -2.38. The largest absolute Gasteiger partial charge is 0.368 e. The third-order valence-corrected chi connectivity index (χ3v) is 7.95. The first-order valence-electron chi connectivity index (χ1n) is 11.0. The molecule has 0 unspecified atom stereocenters. The van der Waals surface area contributed by atoms with Crippen LogP contribution in [0.15, 0.2) is 82.7 Å². The first-order chi connectivity index (χ1) is 16.3. The molecule has 0 radical (unpaired) electrons. The summed E-state index contributed by atoms with van der Waals surface area (Å²) >= 11 is 0. The lowest BCUT2D eigenvalue weighted by Crippen LogP contribution is -2.47. The fourth-order valence-corrected chi connectivity index (χ4v) is 5.77. The molecule has 1 aliphatic heterocycles. The molecule has 1 aromatic heterocycles. The summed E-state index contributed by atoms with van der Waals surface area (Å²) in [4.78, 5) is 8.66. The number of halogens is 2. The Balaban J connectivity index is 1.57. The number of aromatic nitrogens is 1. The maximum atomic E-state index is 14.3. The Morgan fingerprint density at radius 3 is 2.09 bits per heavy atom. The summed E-state index contributed by atoms with van der Waals surface area (Å²) in [5.41, 5.74) is 2.85. The summed E-state index contributed by atoms with van der Waals surface area (Å²) in [6.45, 7) is 4.14. The van der Waals surface area contributed by atoms with Gasteiger partial charge in [-0.05, 0) is 61.5 Å². The third-order valence-electron chi connectivity index (χ3n) is 6.18. The molecule has 1 fully saturated rings. The highest BCUT2D eigenvalue weighted by Crippen LogP contribution is 2.37. The molecule has 3 aromatic carbocycles. The number of sulfone groups is 1. The van der Waals surface area contributed by atoms with Crippen molar-refractivity contribution in [3.8, 4) is 0 Å². The third kappa shape index (κ3) is 4.09. The zero-order chi connectivity index (χ0) is 23.9. The molecule has 0 bridgehead atoms. The van der Waals surface area contributed by atoms with Crippen LogP contribution in [0, 0.1) is 18.6 Å². The molecule has 0 spiro atoms. The minimum atomic E-state index is -3.89. The average molecular weight is 480 g/mol. The Labute approximate surface area is 197 Å². The first-order valence-corrected chi connectivity index (χ1v) is 12.5. The van der Waals surface area contributed by atoms with Crippen molar-refractivity contribution in [2.75, 3.05) is 36.0 Å². The molecule has 0 aliphatic carbocycles. The van der Waals surface area contributed by atoms with Gasteiger partial charge in [0, 0.05) is 43.4 Å². The van der Waals surface area contributed by atoms with Crippen LogP contribution in [0.25, 0.3) is 10.9 Å². The minimum Gasteiger partial charge on any atom is -0.368 e. The van der Waals surface area contributed by atoms with E-state index in [1.54, 1.807) is 42.5 Å². The van der Waals surface area contributed by atoms with Crippen LogP contribution in [0.5, 0.6) is 0 Å². The second-order valence-electron chi connectivity index (χ2n) is 8.40. The number of fused-ring (bicyclic) bond motifs is 1. The number of piperazine rings is 1. The predicted molar refractivity (Wildman–Crippen MR) is 129 cm³/mol. The predicted octanol–water partition coefficient (Wildman–Crippen LogP) is 4.98. The molecular weight excluding hydrogens is 456 g/mol. The molecule has 8 heteroatoms. The van der Waals surface area contributed by atoms with Crippen molar-refractivity contribution in [2.45, 2.75) is 16.7 Å². The Morgan fingerprint density at radius 2 is 1.41 bits per heavy atom. The second kappa shape index (κ2) is 8.68. The quantitative estimate of drug-likeness (QED) is 0.413. The molecule has 34 heavy (non-hydrogen) atoms. The number of benzene rings is 3. The first kappa shape index (κ1) is 22.3. The molecule has 2 heterocycles. The summed E-state index contributed by atoms with van der Waals surface area (Å²) in [5.74, 6) is -0.746. The average Bonchev–Trinajstić information content (AvgIpc) is 2.84. The van der Waals surface area contributed by atoms with E-state index in [0.29, 0.717) is 42.8 Å². The number of pyridine rings is 1. The summed E-state index contributed by atoms with van der Waals surface area (Å²) in [6, 6.07) is 17.2. The van der Waals surface area contributed by atoms with Gasteiger partial charge in [0.1, 0.15) is 16.5 Å². The highest BCUT2D eigenvalue weighted by molar-refractivity contribution is 7.91. The molecule has 1 aliphatic rings. The van der Waals surface area contributed by atoms with Gasteiger partial charge in [-0.25, -0.2) is 17.2 Å². The van der Waals surface area contributed by atoms with Crippen LogP contribution in [-0.4, -0.2) is 39.6 Å². The van der Waals surface area contributed by atoms with Crippen molar-refractivity contribution in [2.24, 2.45) is 0 Å². The number of nitrogens with zero attached hydrogens (tertiary/aromatic N) is 3. The Bertz CT molecular complexity index is 1450. The lowest BCUT2D eigenvalue weighted by molar-refractivity contribution is 0.593. The summed E-state index contributed by atoms with van der Waals surface area (Å²) in [7, 11) is -3.89. The normalized spacial score (nSPS) is 14.6. The monoisotopic (exact) mass is 479 g/mol. The van der Waals surface area contributed by atoms with Crippen LogP contribution in [0.3, 0.4) is 0 Å². The van der Waals surface area contributed by atoms with Crippen molar-refractivity contribution in [3.63, 3.8) is 0 Å². The zero-order valence-electron chi connectivity index (χ0n) is 18.6. The fraction of sp³-hybridized carbons (Fsp3) is 0.192. The van der Waals surface area contributed by atoms with Gasteiger partial charge in [0.2, 0.25) is 9.84 Å². The Kier molecular flexibility index (Phi) is 5.69. The van der Waals surface area contributed by atoms with E-state index in [1.807, 2.05) is 11.8 Å². The molecule has 0 saturated carbocycles. The maximum Gasteiger partial charge on any atom is 0.210 e. The van der Waals surface area contributed by atoms with Crippen molar-refractivity contribution >= 4 is 32.1 Å². The number of hydrogen-bond acceptors (Lipinski definition) is 5. The van der Waals surface area contributed by atoms with Crippen molar-refractivity contribution in [3.05, 3.63) is 90.1 Å². The number of anilines is 2. The van der Waals surface area contributed by atoms with E-state index < -0.39 is 15.7 Å². The van der Waals surface area contributed by atoms with Crippen LogP contribution >= 0.6 is 0 Å². The summed E-state index contributed by atoms with van der Waals surface area (Å²) < 4.78 is 54.9. The standard InChI is InChI=1S/C26H23F2N3O2S/c1-18-2-9-22(10-3-18)34(32,33)25-17-29-24-11-6-20(28)16-23(24)26(25)31-14-12-30(13-15-31)21-7-4-19(27)5-8-21/h2-11,16-17H,12-15H2,1H3. The van der Waals surface area contributed by atoms with Gasteiger partial charge >= 0.3 is 0 Å². The summed E-state index contributed by atoms with van der Waals surface area (Å²) in [6.07, 6.45) is 1.37. The topological polar surface area (TPSA) is 53.5 Å². The van der Waals surface area contributed by atoms with Crippen LogP contribution in [0.4, 0.5) is 20.2 Å². The van der Waals surface area contributed by atoms with E-state index >= 15 is 0 Å². The van der Waals surface area contributed by atoms with Crippen molar-refractivity contribution in [1.29, 1.82) is 0 Å². The molecule has 5 rings (SSSR count). The molecule has 174 valence electrons. The summed E-state index contributed by atoms with van der Waals surface area (Å²) in [5, 5.41) is 0.461. The molecule has 4 aromatic rings. The van der Waals surface area contributed by atoms with E-state index in [1.165, 1.54) is 30.5 Å². The van der Waals surface area contributed by atoms with Gasteiger partial charge in [-0.2, -0.15) is 0 Å². The van der Waals surface area contributed by atoms with E-state index in [9.17, 15) is 17.2 Å². The molecule has 5 nitrogen and oxygen atoms in total. The minimum absolute atomic E-state index is 0.0599.